The number of ketones is 1. The molecule has 4 rings (SSSR count). The SMILES string of the molecule is COc1cc(OC)cc(N2C(=O)C(=O)/C(=C(\O)c3cc(Cl)ccc3OC)C2c2sccc2C)c1. The van der Waals surface area contributed by atoms with Gasteiger partial charge in [-0.25, -0.2) is 0 Å². The van der Waals surface area contributed by atoms with Gasteiger partial charge in [0.2, 0.25) is 0 Å². The topological polar surface area (TPSA) is 85.3 Å². The summed E-state index contributed by atoms with van der Waals surface area (Å²) in [5.74, 6) is -0.746. The molecule has 0 spiro atoms. The first kappa shape index (κ1) is 23.7. The average Bonchev–Trinajstić information content (AvgIpc) is 3.38. The number of amides is 1. The van der Waals surface area contributed by atoms with E-state index in [9.17, 15) is 14.7 Å². The lowest BCUT2D eigenvalue weighted by Gasteiger charge is -2.26. The first-order valence-electron chi connectivity index (χ1n) is 10.2. The Morgan fingerprint density at radius 3 is 2.24 bits per heavy atom. The average molecular weight is 500 g/mol. The molecule has 1 atom stereocenters. The molecule has 1 aliphatic heterocycles. The van der Waals surface area contributed by atoms with Gasteiger partial charge in [0.05, 0.1) is 38.2 Å². The molecular weight excluding hydrogens is 478 g/mol. The van der Waals surface area contributed by atoms with Crippen molar-refractivity contribution in [2.24, 2.45) is 0 Å². The fraction of sp³-hybridized carbons (Fsp3) is 0.200. The summed E-state index contributed by atoms with van der Waals surface area (Å²) in [6.07, 6.45) is 0. The molecule has 1 aliphatic rings. The largest absolute Gasteiger partial charge is 0.507 e. The van der Waals surface area contributed by atoms with Gasteiger partial charge >= 0.3 is 0 Å². The summed E-state index contributed by atoms with van der Waals surface area (Å²) in [5.41, 5.74) is 1.43. The number of hydrogen-bond donors (Lipinski definition) is 1. The quantitative estimate of drug-likeness (QED) is 0.279. The smallest absolute Gasteiger partial charge is 0.300 e. The molecule has 1 amide bonds. The van der Waals surface area contributed by atoms with Crippen molar-refractivity contribution in [3.63, 3.8) is 0 Å². The van der Waals surface area contributed by atoms with Crippen LogP contribution in [0.25, 0.3) is 5.76 Å². The van der Waals surface area contributed by atoms with Crippen LogP contribution in [0.5, 0.6) is 17.2 Å². The molecule has 7 nitrogen and oxygen atoms in total. The van der Waals surface area contributed by atoms with Gasteiger partial charge in [0.15, 0.2) is 0 Å². The van der Waals surface area contributed by atoms with Crippen LogP contribution in [-0.2, 0) is 9.59 Å². The van der Waals surface area contributed by atoms with E-state index in [1.807, 2.05) is 18.4 Å². The Bertz CT molecular complexity index is 1290. The highest BCUT2D eigenvalue weighted by atomic mass is 35.5. The summed E-state index contributed by atoms with van der Waals surface area (Å²) in [7, 11) is 4.44. The Morgan fingerprint density at radius 1 is 1.00 bits per heavy atom. The number of carbonyl (C=O) groups excluding carboxylic acids is 2. The van der Waals surface area contributed by atoms with E-state index in [-0.39, 0.29) is 16.9 Å². The standard InChI is InChI=1S/C25H22ClNO6S/c1-13-7-8-34-24(13)21-20(22(28)18-9-14(26)5-6-19(18)33-4)23(29)25(30)27(21)15-10-16(31-2)12-17(11-15)32-3/h5-12,21,28H,1-4H3/b22-20-. The van der Waals surface area contributed by atoms with Gasteiger partial charge < -0.3 is 19.3 Å². The van der Waals surface area contributed by atoms with Crippen molar-refractivity contribution in [1.29, 1.82) is 0 Å². The molecule has 0 aliphatic carbocycles. The maximum Gasteiger partial charge on any atom is 0.300 e. The minimum Gasteiger partial charge on any atom is -0.507 e. The number of aliphatic hydroxyl groups excluding tert-OH is 1. The number of methoxy groups -OCH3 is 3. The molecule has 3 aromatic rings. The Kier molecular flexibility index (Phi) is 6.54. The van der Waals surface area contributed by atoms with Gasteiger partial charge in [0, 0.05) is 28.1 Å². The Balaban J connectivity index is 2.00. The Morgan fingerprint density at radius 2 is 1.68 bits per heavy atom. The zero-order valence-electron chi connectivity index (χ0n) is 18.9. The first-order chi connectivity index (χ1) is 16.3. The molecule has 2 aromatic carbocycles. The normalized spacial score (nSPS) is 17.2. The maximum atomic E-state index is 13.4. The molecule has 9 heteroatoms. The van der Waals surface area contributed by atoms with Crippen LogP contribution in [0.4, 0.5) is 5.69 Å². The van der Waals surface area contributed by atoms with Crippen molar-refractivity contribution in [3.8, 4) is 17.2 Å². The van der Waals surface area contributed by atoms with Gasteiger partial charge in [-0.15, -0.1) is 11.3 Å². The van der Waals surface area contributed by atoms with Crippen LogP contribution in [0.15, 0.2) is 53.4 Å². The summed E-state index contributed by atoms with van der Waals surface area (Å²) in [6, 6.07) is 10.7. The third-order valence-corrected chi connectivity index (χ3v) is 6.93. The number of nitrogens with zero attached hydrogens (tertiary/aromatic N) is 1. The number of aliphatic hydroxyl groups is 1. The lowest BCUT2D eigenvalue weighted by atomic mass is 9.97. The van der Waals surface area contributed by atoms with Crippen LogP contribution in [0, 0.1) is 6.92 Å². The van der Waals surface area contributed by atoms with Gasteiger partial charge in [-0.2, -0.15) is 0 Å². The van der Waals surface area contributed by atoms with Gasteiger partial charge in [0.25, 0.3) is 11.7 Å². The lowest BCUT2D eigenvalue weighted by molar-refractivity contribution is -0.132. The minimum atomic E-state index is -0.875. The van der Waals surface area contributed by atoms with E-state index in [0.29, 0.717) is 28.0 Å². The van der Waals surface area contributed by atoms with Crippen molar-refractivity contribution in [1.82, 2.24) is 0 Å². The highest BCUT2D eigenvalue weighted by Gasteiger charge is 2.48. The molecule has 34 heavy (non-hydrogen) atoms. The number of Topliss-reactive ketones (excluding diaryl/α,β-unsaturated/α-hetero) is 1. The molecule has 1 unspecified atom stereocenters. The van der Waals surface area contributed by atoms with E-state index in [4.69, 9.17) is 25.8 Å². The summed E-state index contributed by atoms with van der Waals surface area (Å²) >= 11 is 7.55. The van der Waals surface area contributed by atoms with Gasteiger partial charge in [-0.05, 0) is 42.1 Å². The van der Waals surface area contributed by atoms with E-state index in [0.717, 1.165) is 10.4 Å². The number of hydrogen-bond acceptors (Lipinski definition) is 7. The number of carbonyl (C=O) groups is 2. The van der Waals surface area contributed by atoms with E-state index < -0.39 is 17.7 Å². The van der Waals surface area contributed by atoms with Crippen LogP contribution >= 0.6 is 22.9 Å². The number of aryl methyl sites for hydroxylation is 1. The Labute approximate surface area is 205 Å². The van der Waals surface area contributed by atoms with Crippen LogP contribution in [-0.4, -0.2) is 38.1 Å². The predicted octanol–water partition coefficient (Wildman–Crippen LogP) is 5.36. The van der Waals surface area contributed by atoms with E-state index in [1.165, 1.54) is 43.6 Å². The molecule has 0 radical (unpaired) electrons. The second-order valence-electron chi connectivity index (χ2n) is 7.55. The van der Waals surface area contributed by atoms with Gasteiger partial charge in [0.1, 0.15) is 29.0 Å². The number of ether oxygens (including phenoxy) is 3. The van der Waals surface area contributed by atoms with Crippen LogP contribution in [0.1, 0.15) is 22.0 Å². The molecule has 1 saturated heterocycles. The zero-order chi connectivity index (χ0) is 24.6. The fourth-order valence-electron chi connectivity index (χ4n) is 3.95. The molecule has 0 saturated carbocycles. The van der Waals surface area contributed by atoms with Crippen molar-refractivity contribution in [3.05, 3.63) is 74.4 Å². The number of benzene rings is 2. The predicted molar refractivity (Wildman–Crippen MR) is 131 cm³/mol. The van der Waals surface area contributed by atoms with Crippen molar-refractivity contribution >= 4 is 46.1 Å². The summed E-state index contributed by atoms with van der Waals surface area (Å²) in [5, 5.41) is 13.6. The fourth-order valence-corrected chi connectivity index (χ4v) is 5.15. The summed E-state index contributed by atoms with van der Waals surface area (Å²) in [6.45, 7) is 1.89. The highest BCUT2D eigenvalue weighted by molar-refractivity contribution is 7.10. The second-order valence-corrected chi connectivity index (χ2v) is 8.94. The number of thiophene rings is 1. The van der Waals surface area contributed by atoms with E-state index in [1.54, 1.807) is 30.3 Å². The molecular formula is C25H22ClNO6S. The van der Waals surface area contributed by atoms with E-state index >= 15 is 0 Å². The summed E-state index contributed by atoms with van der Waals surface area (Å²) in [4.78, 5) is 28.9. The highest BCUT2D eigenvalue weighted by Crippen LogP contribution is 2.47. The van der Waals surface area contributed by atoms with Crippen LogP contribution in [0.2, 0.25) is 5.02 Å². The van der Waals surface area contributed by atoms with Gasteiger partial charge in [-0.1, -0.05) is 11.6 Å². The zero-order valence-corrected chi connectivity index (χ0v) is 20.5. The lowest BCUT2D eigenvalue weighted by Crippen LogP contribution is -2.29. The third-order valence-electron chi connectivity index (χ3n) is 5.63. The van der Waals surface area contributed by atoms with Crippen molar-refractivity contribution in [2.45, 2.75) is 13.0 Å². The van der Waals surface area contributed by atoms with Crippen molar-refractivity contribution in [2.75, 3.05) is 26.2 Å². The summed E-state index contributed by atoms with van der Waals surface area (Å²) < 4.78 is 16.1. The number of halogens is 1. The monoisotopic (exact) mass is 499 g/mol. The van der Waals surface area contributed by atoms with Gasteiger partial charge in [-0.3, -0.25) is 14.5 Å². The second kappa shape index (κ2) is 9.40. The van der Waals surface area contributed by atoms with E-state index in [2.05, 4.69) is 0 Å². The van der Waals surface area contributed by atoms with Crippen LogP contribution < -0.4 is 19.1 Å². The first-order valence-corrected chi connectivity index (χ1v) is 11.5. The molecule has 1 aromatic heterocycles. The number of anilines is 1. The molecule has 1 fully saturated rings. The Hall–Kier alpha value is -3.49. The van der Waals surface area contributed by atoms with Crippen molar-refractivity contribution < 1.29 is 28.9 Å². The maximum absolute atomic E-state index is 13.4. The molecule has 0 bridgehead atoms. The number of rotatable bonds is 6. The minimum absolute atomic E-state index is 0.0575. The van der Waals surface area contributed by atoms with Crippen LogP contribution in [0.3, 0.4) is 0 Å². The third kappa shape index (κ3) is 3.99. The molecule has 2 heterocycles. The molecule has 1 N–H and O–H groups in total. The molecule has 176 valence electrons.